The average Bonchev–Trinajstić information content (AvgIpc) is 3.02. The van der Waals surface area contributed by atoms with Crippen LogP contribution in [0.5, 0.6) is 5.75 Å². The lowest BCUT2D eigenvalue weighted by Crippen LogP contribution is -2.34. The number of hydrogen-bond acceptors (Lipinski definition) is 4. The van der Waals surface area contributed by atoms with Gasteiger partial charge in [-0.1, -0.05) is 24.3 Å². The molecule has 1 aliphatic heterocycles. The van der Waals surface area contributed by atoms with Crippen LogP contribution in [-0.4, -0.2) is 36.4 Å². The van der Waals surface area contributed by atoms with Gasteiger partial charge >= 0.3 is 0 Å². The van der Waals surface area contributed by atoms with Crippen molar-refractivity contribution in [2.45, 2.75) is 19.4 Å². The van der Waals surface area contributed by atoms with E-state index < -0.39 is 0 Å². The van der Waals surface area contributed by atoms with Crippen molar-refractivity contribution >= 4 is 23.2 Å². The predicted octanol–water partition coefficient (Wildman–Crippen LogP) is 2.68. The summed E-state index contributed by atoms with van der Waals surface area (Å²) in [6.07, 6.45) is 1.79. The fraction of sp³-hybridized carbons (Fsp3) is 0.400. The number of nitrogens with zero attached hydrogens (tertiary/aromatic N) is 1. The topological polar surface area (TPSA) is 58.6 Å². The Labute approximate surface area is 157 Å². The molecule has 2 amide bonds. The third-order valence-corrected chi connectivity index (χ3v) is 6.24. The van der Waals surface area contributed by atoms with Crippen LogP contribution in [0.15, 0.2) is 47.8 Å². The number of amides is 2. The number of likely N-dealkylation sites (tertiary alicyclic amines) is 1. The van der Waals surface area contributed by atoms with Crippen molar-refractivity contribution in [3.05, 3.63) is 52.7 Å². The van der Waals surface area contributed by atoms with Gasteiger partial charge in [0.15, 0.2) is 6.61 Å². The lowest BCUT2D eigenvalue weighted by molar-refractivity contribution is -0.132. The summed E-state index contributed by atoms with van der Waals surface area (Å²) in [6, 6.07) is 13.4. The Balaban J connectivity index is 1.24. The van der Waals surface area contributed by atoms with Crippen molar-refractivity contribution in [1.82, 2.24) is 10.2 Å². The van der Waals surface area contributed by atoms with E-state index in [0.717, 1.165) is 17.7 Å². The molecule has 1 spiro atoms. The van der Waals surface area contributed by atoms with E-state index in [2.05, 4.69) is 5.32 Å². The second-order valence-corrected chi connectivity index (χ2v) is 8.12. The van der Waals surface area contributed by atoms with Gasteiger partial charge in [-0.3, -0.25) is 9.59 Å². The number of carbonyl (C=O) groups is 2. The quantitative estimate of drug-likeness (QED) is 0.851. The molecule has 0 bridgehead atoms. The highest BCUT2D eigenvalue weighted by molar-refractivity contribution is 7.09. The second kappa shape index (κ2) is 7.11. The Kier molecular flexibility index (Phi) is 4.68. The summed E-state index contributed by atoms with van der Waals surface area (Å²) < 4.78 is 5.55. The Morgan fingerprint density at radius 3 is 2.85 bits per heavy atom. The van der Waals surface area contributed by atoms with E-state index in [1.54, 1.807) is 11.3 Å². The van der Waals surface area contributed by atoms with E-state index in [1.165, 1.54) is 0 Å². The van der Waals surface area contributed by atoms with E-state index >= 15 is 0 Å². The molecule has 1 saturated carbocycles. The van der Waals surface area contributed by atoms with Crippen molar-refractivity contribution in [3.63, 3.8) is 0 Å². The van der Waals surface area contributed by atoms with Crippen molar-refractivity contribution < 1.29 is 14.3 Å². The zero-order chi connectivity index (χ0) is 18.0. The van der Waals surface area contributed by atoms with Gasteiger partial charge < -0.3 is 15.0 Å². The summed E-state index contributed by atoms with van der Waals surface area (Å²) in [5, 5.41) is 5.04. The molecular weight excluding hydrogens is 348 g/mol. The second-order valence-electron chi connectivity index (χ2n) is 7.08. The molecule has 0 unspecified atom stereocenters. The maximum atomic E-state index is 12.4. The number of rotatable bonds is 6. The zero-order valence-corrected chi connectivity index (χ0v) is 15.3. The predicted molar refractivity (Wildman–Crippen MR) is 99.8 cm³/mol. The minimum atomic E-state index is -0.0120. The number of carbonyl (C=O) groups excluding carboxylic acids is 2. The lowest BCUT2D eigenvalue weighted by Gasteiger charge is -2.17. The molecule has 136 valence electrons. The Hall–Kier alpha value is -2.34. The highest BCUT2D eigenvalue weighted by atomic mass is 32.1. The fourth-order valence-corrected chi connectivity index (χ4v) is 4.39. The SMILES string of the molecule is O=C(NCc1cccs1)[C@H]1C[C@@]12CCN(C(=O)COc1ccccc1)C2. The van der Waals surface area contributed by atoms with Gasteiger partial charge in [0.2, 0.25) is 5.91 Å². The smallest absolute Gasteiger partial charge is 0.260 e. The van der Waals surface area contributed by atoms with Crippen LogP contribution < -0.4 is 10.1 Å². The van der Waals surface area contributed by atoms with Gasteiger partial charge in [0.05, 0.1) is 6.54 Å². The van der Waals surface area contributed by atoms with Crippen LogP contribution in [0, 0.1) is 11.3 Å². The Morgan fingerprint density at radius 2 is 2.08 bits per heavy atom. The molecule has 1 N–H and O–H groups in total. The lowest BCUT2D eigenvalue weighted by atomic mass is 10.0. The molecule has 5 nitrogen and oxygen atoms in total. The van der Waals surface area contributed by atoms with Gasteiger partial charge in [0, 0.05) is 29.3 Å². The van der Waals surface area contributed by atoms with Gasteiger partial charge in [-0.2, -0.15) is 0 Å². The van der Waals surface area contributed by atoms with Crippen LogP contribution >= 0.6 is 11.3 Å². The maximum absolute atomic E-state index is 12.4. The van der Waals surface area contributed by atoms with Crippen molar-refractivity contribution in [2.75, 3.05) is 19.7 Å². The summed E-state index contributed by atoms with van der Waals surface area (Å²) in [5.41, 5.74) is -0.0120. The van der Waals surface area contributed by atoms with Gasteiger partial charge in [0.25, 0.3) is 5.91 Å². The Bertz CT molecular complexity index is 778. The number of para-hydroxylation sites is 1. The van der Waals surface area contributed by atoms with Gasteiger partial charge in [-0.05, 0) is 36.4 Å². The first-order chi connectivity index (χ1) is 12.7. The van der Waals surface area contributed by atoms with Crippen LogP contribution in [0.2, 0.25) is 0 Å². The molecule has 2 fully saturated rings. The van der Waals surface area contributed by atoms with Gasteiger partial charge in [-0.15, -0.1) is 11.3 Å². The van der Waals surface area contributed by atoms with Crippen LogP contribution in [-0.2, 0) is 16.1 Å². The number of hydrogen-bond donors (Lipinski definition) is 1. The number of thiophene rings is 1. The van der Waals surface area contributed by atoms with E-state index in [-0.39, 0.29) is 29.8 Å². The Morgan fingerprint density at radius 1 is 1.23 bits per heavy atom. The minimum Gasteiger partial charge on any atom is -0.484 e. The monoisotopic (exact) mass is 370 g/mol. The summed E-state index contributed by atoms with van der Waals surface area (Å²) in [7, 11) is 0. The molecule has 26 heavy (non-hydrogen) atoms. The van der Waals surface area contributed by atoms with Crippen molar-refractivity contribution in [2.24, 2.45) is 11.3 Å². The van der Waals surface area contributed by atoms with E-state index in [1.807, 2.05) is 52.7 Å². The molecular formula is C20H22N2O3S. The van der Waals surface area contributed by atoms with E-state index in [0.29, 0.717) is 25.4 Å². The first-order valence-corrected chi connectivity index (χ1v) is 9.80. The highest BCUT2D eigenvalue weighted by Gasteiger charge is 2.61. The number of benzene rings is 1. The molecule has 4 rings (SSSR count). The molecule has 1 aromatic heterocycles. The molecule has 1 saturated heterocycles. The first-order valence-electron chi connectivity index (χ1n) is 8.92. The van der Waals surface area contributed by atoms with E-state index in [9.17, 15) is 9.59 Å². The number of ether oxygens (including phenoxy) is 1. The zero-order valence-electron chi connectivity index (χ0n) is 14.5. The molecule has 0 radical (unpaired) electrons. The fourth-order valence-electron chi connectivity index (χ4n) is 3.74. The molecule has 2 aromatic rings. The molecule has 2 aliphatic rings. The van der Waals surface area contributed by atoms with Crippen LogP contribution in [0.25, 0.3) is 0 Å². The molecule has 1 aromatic carbocycles. The van der Waals surface area contributed by atoms with E-state index in [4.69, 9.17) is 4.74 Å². The average molecular weight is 370 g/mol. The normalized spacial score (nSPS) is 23.8. The third kappa shape index (κ3) is 3.60. The first kappa shape index (κ1) is 17.1. The highest BCUT2D eigenvalue weighted by Crippen LogP contribution is 2.58. The standard InChI is InChI=1S/C20H22N2O3S/c23-18(13-25-15-5-2-1-3-6-15)22-9-8-20(14-22)11-17(20)19(24)21-12-16-7-4-10-26-16/h1-7,10,17H,8-9,11-14H2,(H,21,24)/t17-,20-/m1/s1. The summed E-state index contributed by atoms with van der Waals surface area (Å²) in [4.78, 5) is 27.8. The third-order valence-electron chi connectivity index (χ3n) is 5.37. The van der Waals surface area contributed by atoms with Crippen molar-refractivity contribution in [1.29, 1.82) is 0 Å². The summed E-state index contributed by atoms with van der Waals surface area (Å²) >= 11 is 1.65. The largest absolute Gasteiger partial charge is 0.484 e. The number of nitrogens with one attached hydrogen (secondary N) is 1. The molecule has 1 aliphatic carbocycles. The molecule has 2 atom stereocenters. The molecule has 2 heterocycles. The van der Waals surface area contributed by atoms with Crippen LogP contribution in [0.1, 0.15) is 17.7 Å². The molecule has 6 heteroatoms. The van der Waals surface area contributed by atoms with Gasteiger partial charge in [-0.25, -0.2) is 0 Å². The van der Waals surface area contributed by atoms with Gasteiger partial charge in [0.1, 0.15) is 5.75 Å². The van der Waals surface area contributed by atoms with Crippen LogP contribution in [0.3, 0.4) is 0 Å². The van der Waals surface area contributed by atoms with Crippen molar-refractivity contribution in [3.8, 4) is 5.75 Å². The van der Waals surface area contributed by atoms with Crippen LogP contribution in [0.4, 0.5) is 0 Å². The summed E-state index contributed by atoms with van der Waals surface area (Å²) in [6.45, 7) is 2.03. The summed E-state index contributed by atoms with van der Waals surface area (Å²) in [5.74, 6) is 0.853. The minimum absolute atomic E-state index is 0.00429. The maximum Gasteiger partial charge on any atom is 0.260 e.